The molecule has 6 nitrogen and oxygen atoms in total. The summed E-state index contributed by atoms with van der Waals surface area (Å²) in [5.41, 5.74) is 1.97. The van der Waals surface area contributed by atoms with E-state index in [4.69, 9.17) is 0 Å². The van der Waals surface area contributed by atoms with Gasteiger partial charge in [-0.25, -0.2) is 22.7 Å². The number of nitrogens with zero attached hydrogens (tertiary/aromatic N) is 4. The quantitative estimate of drug-likeness (QED) is 0.836. The Balaban J connectivity index is 1.94. The first-order valence-electron chi connectivity index (χ1n) is 7.24. The van der Waals surface area contributed by atoms with Crippen molar-refractivity contribution >= 4 is 16.0 Å². The molecular weight excluding hydrogens is 288 g/mol. The lowest BCUT2D eigenvalue weighted by Gasteiger charge is -2.33. The third-order valence-electron chi connectivity index (χ3n) is 3.95. The summed E-state index contributed by atoms with van der Waals surface area (Å²) < 4.78 is 24.4. The van der Waals surface area contributed by atoms with Crippen LogP contribution in [0.25, 0.3) is 0 Å². The number of piperidine rings is 1. The molecule has 0 aliphatic carbocycles. The zero-order valence-corrected chi connectivity index (χ0v) is 14.0. The van der Waals surface area contributed by atoms with E-state index in [-0.39, 0.29) is 0 Å². The molecule has 0 radical (unpaired) electrons. The van der Waals surface area contributed by atoms with Crippen LogP contribution in [0.3, 0.4) is 0 Å². The summed E-state index contributed by atoms with van der Waals surface area (Å²) in [5.74, 6) is 1.20. The molecule has 0 spiro atoms. The third-order valence-corrected chi connectivity index (χ3v) is 5.23. The monoisotopic (exact) mass is 312 g/mol. The van der Waals surface area contributed by atoms with Crippen molar-refractivity contribution in [1.29, 1.82) is 0 Å². The summed E-state index contributed by atoms with van der Waals surface area (Å²) in [4.78, 5) is 11.2. The molecule has 0 atom stereocenters. The number of rotatable bonds is 4. The molecule has 0 unspecified atom stereocenters. The van der Waals surface area contributed by atoms with Gasteiger partial charge in [0.2, 0.25) is 16.0 Å². The van der Waals surface area contributed by atoms with Crippen LogP contribution in [0, 0.1) is 19.8 Å². The second kappa shape index (κ2) is 6.27. The molecule has 1 fully saturated rings. The van der Waals surface area contributed by atoms with Crippen molar-refractivity contribution in [2.45, 2.75) is 26.7 Å². The average Bonchev–Trinajstić information content (AvgIpc) is 2.37. The van der Waals surface area contributed by atoms with E-state index in [0.717, 1.165) is 43.3 Å². The summed E-state index contributed by atoms with van der Waals surface area (Å²) in [7, 11) is -1.44. The Labute approximate surface area is 127 Å². The molecule has 1 aliphatic heterocycles. The second-order valence-electron chi connectivity index (χ2n) is 5.92. The van der Waals surface area contributed by atoms with Crippen molar-refractivity contribution in [2.24, 2.45) is 5.92 Å². The lowest BCUT2D eigenvalue weighted by Crippen LogP contribution is -2.39. The average molecular weight is 312 g/mol. The highest BCUT2D eigenvalue weighted by atomic mass is 32.2. The molecule has 0 N–H and O–H groups in total. The van der Waals surface area contributed by atoms with Gasteiger partial charge < -0.3 is 4.90 Å². The maximum atomic E-state index is 11.5. The van der Waals surface area contributed by atoms with Crippen LogP contribution in [0.1, 0.15) is 24.2 Å². The van der Waals surface area contributed by atoms with Crippen molar-refractivity contribution in [3.8, 4) is 0 Å². The third kappa shape index (κ3) is 4.38. The standard InChI is InChI=1S/C14H24N4O2S/c1-11-9-12(2)16-14(15-11)18-7-5-13(6-8-18)10-17(3)21(4,19)20/h9,13H,5-8,10H2,1-4H3. The molecular formula is C14H24N4O2S. The molecule has 1 aromatic heterocycles. The van der Waals surface area contributed by atoms with Gasteiger partial charge in [0.05, 0.1) is 6.26 Å². The first kappa shape index (κ1) is 16.2. The van der Waals surface area contributed by atoms with Gasteiger partial charge in [0.1, 0.15) is 0 Å². The molecule has 0 amide bonds. The zero-order valence-electron chi connectivity index (χ0n) is 13.2. The van der Waals surface area contributed by atoms with Crippen molar-refractivity contribution in [2.75, 3.05) is 37.8 Å². The molecule has 0 bridgehead atoms. The molecule has 1 aromatic rings. The molecule has 1 saturated heterocycles. The normalized spacial score (nSPS) is 17.5. The summed E-state index contributed by atoms with van der Waals surface area (Å²) in [5, 5.41) is 0. The minimum absolute atomic E-state index is 0.409. The van der Waals surface area contributed by atoms with Crippen molar-refractivity contribution in [1.82, 2.24) is 14.3 Å². The van der Waals surface area contributed by atoms with Crippen LogP contribution in [0.2, 0.25) is 0 Å². The van der Waals surface area contributed by atoms with Crippen molar-refractivity contribution in [3.63, 3.8) is 0 Å². The van der Waals surface area contributed by atoms with Crippen LogP contribution in [0.5, 0.6) is 0 Å². The molecule has 2 heterocycles. The Morgan fingerprint density at radius 3 is 2.24 bits per heavy atom. The Morgan fingerprint density at radius 2 is 1.76 bits per heavy atom. The lowest BCUT2D eigenvalue weighted by atomic mass is 9.97. The lowest BCUT2D eigenvalue weighted by molar-refractivity contribution is 0.328. The van der Waals surface area contributed by atoms with Crippen LogP contribution in [-0.4, -0.2) is 55.6 Å². The fourth-order valence-electron chi connectivity index (χ4n) is 2.66. The molecule has 118 valence electrons. The molecule has 7 heteroatoms. The zero-order chi connectivity index (χ0) is 15.6. The fraction of sp³-hybridized carbons (Fsp3) is 0.714. The van der Waals surface area contributed by atoms with Gasteiger partial charge in [-0.1, -0.05) is 0 Å². The van der Waals surface area contributed by atoms with E-state index in [2.05, 4.69) is 14.9 Å². The molecule has 0 aromatic carbocycles. The van der Waals surface area contributed by atoms with Crippen LogP contribution < -0.4 is 4.90 Å². The van der Waals surface area contributed by atoms with Crippen LogP contribution in [0.4, 0.5) is 5.95 Å². The highest BCUT2D eigenvalue weighted by Crippen LogP contribution is 2.22. The van der Waals surface area contributed by atoms with Gasteiger partial charge in [0.25, 0.3) is 0 Å². The maximum Gasteiger partial charge on any atom is 0.225 e. The van der Waals surface area contributed by atoms with Crippen LogP contribution >= 0.6 is 0 Å². The topological polar surface area (TPSA) is 66.4 Å². The van der Waals surface area contributed by atoms with Crippen molar-refractivity contribution in [3.05, 3.63) is 17.5 Å². The van der Waals surface area contributed by atoms with Crippen molar-refractivity contribution < 1.29 is 8.42 Å². The second-order valence-corrected chi connectivity index (χ2v) is 8.01. The Kier molecular flexibility index (Phi) is 4.83. The fourth-order valence-corrected chi connectivity index (χ4v) is 3.14. The van der Waals surface area contributed by atoms with Crippen LogP contribution in [0.15, 0.2) is 6.07 Å². The minimum atomic E-state index is -3.08. The minimum Gasteiger partial charge on any atom is -0.341 e. The van der Waals surface area contributed by atoms with Gasteiger partial charge in [0, 0.05) is 38.1 Å². The van der Waals surface area contributed by atoms with Gasteiger partial charge in [-0.2, -0.15) is 0 Å². The number of hydrogen-bond acceptors (Lipinski definition) is 5. The van der Waals surface area contributed by atoms with Gasteiger partial charge >= 0.3 is 0 Å². The van der Waals surface area contributed by atoms with E-state index in [9.17, 15) is 8.42 Å². The van der Waals surface area contributed by atoms with E-state index in [0.29, 0.717) is 12.5 Å². The summed E-state index contributed by atoms with van der Waals surface area (Å²) >= 11 is 0. The van der Waals surface area contributed by atoms with Gasteiger partial charge in [-0.15, -0.1) is 0 Å². The highest BCUT2D eigenvalue weighted by molar-refractivity contribution is 7.88. The predicted octanol–water partition coefficient (Wildman–Crippen LogP) is 1.20. The first-order valence-corrected chi connectivity index (χ1v) is 9.09. The number of anilines is 1. The van der Waals surface area contributed by atoms with E-state index < -0.39 is 10.0 Å². The molecule has 1 aliphatic rings. The summed E-state index contributed by atoms with van der Waals surface area (Å²) in [6.07, 6.45) is 3.19. The smallest absolute Gasteiger partial charge is 0.225 e. The van der Waals surface area contributed by atoms with E-state index >= 15 is 0 Å². The largest absolute Gasteiger partial charge is 0.341 e. The maximum absolute atomic E-state index is 11.5. The van der Waals surface area contributed by atoms with Gasteiger partial charge in [-0.05, 0) is 38.7 Å². The van der Waals surface area contributed by atoms with E-state index in [1.165, 1.54) is 10.6 Å². The Hall–Kier alpha value is -1.21. The highest BCUT2D eigenvalue weighted by Gasteiger charge is 2.24. The predicted molar refractivity (Wildman–Crippen MR) is 83.9 cm³/mol. The molecule has 2 rings (SSSR count). The Bertz CT molecular complexity index is 575. The van der Waals surface area contributed by atoms with E-state index in [1.807, 2.05) is 19.9 Å². The first-order chi connectivity index (χ1) is 9.75. The number of aryl methyl sites for hydroxylation is 2. The van der Waals surface area contributed by atoms with E-state index in [1.54, 1.807) is 7.05 Å². The van der Waals surface area contributed by atoms with Gasteiger partial charge in [-0.3, -0.25) is 0 Å². The SMILES string of the molecule is Cc1cc(C)nc(N2CCC(CN(C)S(C)(=O)=O)CC2)n1. The summed E-state index contributed by atoms with van der Waals surface area (Å²) in [6.45, 7) is 6.31. The number of sulfonamides is 1. The molecule has 0 saturated carbocycles. The number of aromatic nitrogens is 2. The van der Waals surface area contributed by atoms with Crippen LogP contribution in [-0.2, 0) is 10.0 Å². The van der Waals surface area contributed by atoms with Gasteiger partial charge in [0.15, 0.2) is 0 Å². The summed E-state index contributed by atoms with van der Waals surface area (Å²) in [6, 6.07) is 1.97. The molecule has 21 heavy (non-hydrogen) atoms. The Morgan fingerprint density at radius 1 is 1.24 bits per heavy atom. The number of hydrogen-bond donors (Lipinski definition) is 0.